The molecule has 1 aliphatic heterocycles. The minimum atomic E-state index is -0.339. The molecule has 1 unspecified atom stereocenters. The van der Waals surface area contributed by atoms with Crippen LogP contribution in [0, 0.1) is 0 Å². The highest BCUT2D eigenvalue weighted by Gasteiger charge is 2.31. The van der Waals surface area contributed by atoms with Crippen LogP contribution in [0.4, 0.5) is 0 Å². The van der Waals surface area contributed by atoms with Crippen LogP contribution in [0.2, 0.25) is 0 Å². The Morgan fingerprint density at radius 3 is 2.60 bits per heavy atom. The molecule has 1 N–H and O–H groups in total. The third-order valence-electron chi connectivity index (χ3n) is 2.14. The quantitative estimate of drug-likeness (QED) is 0.571. The van der Waals surface area contributed by atoms with Crippen LogP contribution >= 0.6 is 0 Å². The summed E-state index contributed by atoms with van der Waals surface area (Å²) in [5.74, 6) is -0.302. The number of carbonyl (C=O) groups excluding carboxylic acids is 2. The Labute approximate surface area is 87.2 Å². The molecule has 0 aromatic heterocycles. The van der Waals surface area contributed by atoms with Crippen molar-refractivity contribution in [2.75, 3.05) is 13.2 Å². The molecular weight excluding hydrogens is 194 g/mol. The number of nitrogens with one attached hydrogen (secondary N) is 1. The summed E-state index contributed by atoms with van der Waals surface area (Å²) in [4.78, 5) is 22.7. The average molecular weight is 205 g/mol. The second-order valence-corrected chi connectivity index (χ2v) is 3.33. The van der Waals surface area contributed by atoms with Crippen LogP contribution in [-0.2, 0) is 9.53 Å². The Morgan fingerprint density at radius 2 is 2.00 bits per heavy atom. The van der Waals surface area contributed by atoms with Crippen molar-refractivity contribution in [2.45, 2.75) is 6.10 Å². The van der Waals surface area contributed by atoms with E-state index in [-0.39, 0.29) is 24.3 Å². The van der Waals surface area contributed by atoms with Crippen molar-refractivity contribution in [1.29, 1.82) is 0 Å². The Morgan fingerprint density at radius 1 is 1.33 bits per heavy atom. The molecule has 1 atom stereocenters. The van der Waals surface area contributed by atoms with Gasteiger partial charge in [0.25, 0.3) is 5.91 Å². The van der Waals surface area contributed by atoms with Crippen molar-refractivity contribution in [3.63, 3.8) is 0 Å². The standard InChI is InChI=1S/C11H11NO3/c13-9(8-4-2-1-3-5-8)6-12-11(14)10-7-15-10/h1-5,10H,6-7H2,(H,12,14). The summed E-state index contributed by atoms with van der Waals surface area (Å²) in [6, 6.07) is 8.87. The van der Waals surface area contributed by atoms with Gasteiger partial charge in [-0.05, 0) is 0 Å². The molecule has 0 bridgehead atoms. The van der Waals surface area contributed by atoms with E-state index in [9.17, 15) is 9.59 Å². The van der Waals surface area contributed by atoms with Gasteiger partial charge in [0.1, 0.15) is 0 Å². The van der Waals surface area contributed by atoms with E-state index in [4.69, 9.17) is 4.74 Å². The highest BCUT2D eigenvalue weighted by molar-refractivity contribution is 5.99. The zero-order valence-electron chi connectivity index (χ0n) is 8.10. The lowest BCUT2D eigenvalue weighted by molar-refractivity contribution is -0.122. The summed E-state index contributed by atoms with van der Waals surface area (Å²) in [6.45, 7) is 0.494. The van der Waals surface area contributed by atoms with Crippen molar-refractivity contribution < 1.29 is 14.3 Å². The van der Waals surface area contributed by atoms with Crippen LogP contribution in [0.15, 0.2) is 30.3 Å². The first-order valence-electron chi connectivity index (χ1n) is 4.75. The number of epoxide rings is 1. The second-order valence-electron chi connectivity index (χ2n) is 3.33. The molecule has 15 heavy (non-hydrogen) atoms. The molecule has 1 heterocycles. The van der Waals surface area contributed by atoms with Crippen molar-refractivity contribution in [3.05, 3.63) is 35.9 Å². The molecule has 0 saturated carbocycles. The predicted octanol–water partition coefficient (Wildman–Crippen LogP) is 0.384. The SMILES string of the molecule is O=C(CNC(=O)C1CO1)c1ccccc1. The molecule has 4 nitrogen and oxygen atoms in total. The lowest BCUT2D eigenvalue weighted by Gasteiger charge is -2.02. The van der Waals surface area contributed by atoms with E-state index < -0.39 is 0 Å². The fraction of sp³-hybridized carbons (Fsp3) is 0.273. The molecule has 0 spiro atoms. The maximum atomic E-state index is 11.5. The molecule has 0 aliphatic carbocycles. The zero-order valence-corrected chi connectivity index (χ0v) is 8.10. The molecule has 1 fully saturated rings. The second kappa shape index (κ2) is 4.23. The molecule has 1 amide bonds. The molecular formula is C11H11NO3. The number of ether oxygens (including phenoxy) is 1. The lowest BCUT2D eigenvalue weighted by Crippen LogP contribution is -2.32. The van der Waals surface area contributed by atoms with Crippen LogP contribution in [-0.4, -0.2) is 30.9 Å². The number of hydrogen-bond donors (Lipinski definition) is 1. The molecule has 2 rings (SSSR count). The summed E-state index contributed by atoms with van der Waals surface area (Å²) < 4.78 is 4.78. The van der Waals surface area contributed by atoms with Gasteiger partial charge < -0.3 is 10.1 Å². The highest BCUT2D eigenvalue weighted by Crippen LogP contribution is 2.08. The number of hydrogen-bond acceptors (Lipinski definition) is 3. The zero-order chi connectivity index (χ0) is 10.7. The Kier molecular flexibility index (Phi) is 2.78. The summed E-state index contributed by atoms with van der Waals surface area (Å²) in [5.41, 5.74) is 0.606. The van der Waals surface area contributed by atoms with Crippen molar-refractivity contribution in [1.82, 2.24) is 5.32 Å². The fourth-order valence-corrected chi connectivity index (χ4v) is 1.21. The van der Waals surface area contributed by atoms with E-state index in [0.717, 1.165) is 0 Å². The van der Waals surface area contributed by atoms with Gasteiger partial charge in [-0.1, -0.05) is 30.3 Å². The first kappa shape index (κ1) is 9.86. The lowest BCUT2D eigenvalue weighted by atomic mass is 10.1. The Hall–Kier alpha value is -1.68. The third-order valence-corrected chi connectivity index (χ3v) is 2.14. The summed E-state index contributed by atoms with van der Waals surface area (Å²) >= 11 is 0. The monoisotopic (exact) mass is 205 g/mol. The van der Waals surface area contributed by atoms with Crippen LogP contribution < -0.4 is 5.32 Å². The topological polar surface area (TPSA) is 58.7 Å². The normalized spacial score (nSPS) is 18.3. The summed E-state index contributed by atoms with van der Waals surface area (Å²) in [6.07, 6.45) is -0.339. The van der Waals surface area contributed by atoms with Gasteiger partial charge in [0.15, 0.2) is 11.9 Å². The van der Waals surface area contributed by atoms with Gasteiger partial charge in [-0.25, -0.2) is 0 Å². The van der Waals surface area contributed by atoms with Gasteiger partial charge in [0.05, 0.1) is 13.2 Å². The molecule has 1 saturated heterocycles. The van der Waals surface area contributed by atoms with Crippen molar-refractivity contribution >= 4 is 11.7 Å². The fourth-order valence-electron chi connectivity index (χ4n) is 1.21. The summed E-state index contributed by atoms with van der Waals surface area (Å²) in [5, 5.41) is 2.53. The van der Waals surface area contributed by atoms with Gasteiger partial charge in [-0.2, -0.15) is 0 Å². The molecule has 1 aromatic rings. The van der Waals surface area contributed by atoms with Crippen LogP contribution in [0.3, 0.4) is 0 Å². The van der Waals surface area contributed by atoms with Crippen LogP contribution in [0.5, 0.6) is 0 Å². The number of Topliss-reactive ketones (excluding diaryl/α,β-unsaturated/α-hetero) is 1. The maximum Gasteiger partial charge on any atom is 0.251 e. The Bertz CT molecular complexity index is 371. The van der Waals surface area contributed by atoms with E-state index in [1.54, 1.807) is 24.3 Å². The van der Waals surface area contributed by atoms with Gasteiger partial charge in [-0.15, -0.1) is 0 Å². The van der Waals surface area contributed by atoms with E-state index in [2.05, 4.69) is 5.32 Å². The predicted molar refractivity (Wildman–Crippen MR) is 53.5 cm³/mol. The molecule has 1 aliphatic rings. The number of ketones is 1. The van der Waals surface area contributed by atoms with E-state index in [0.29, 0.717) is 12.2 Å². The smallest absolute Gasteiger partial charge is 0.251 e. The average Bonchev–Trinajstić information content (AvgIpc) is 3.10. The number of benzene rings is 1. The van der Waals surface area contributed by atoms with Gasteiger partial charge in [0.2, 0.25) is 0 Å². The number of rotatable bonds is 4. The van der Waals surface area contributed by atoms with Crippen LogP contribution in [0.1, 0.15) is 10.4 Å². The molecule has 1 aromatic carbocycles. The van der Waals surface area contributed by atoms with Crippen molar-refractivity contribution in [3.8, 4) is 0 Å². The number of carbonyl (C=O) groups is 2. The van der Waals surface area contributed by atoms with E-state index in [1.807, 2.05) is 6.07 Å². The largest absolute Gasteiger partial charge is 0.363 e. The first-order valence-corrected chi connectivity index (χ1v) is 4.75. The minimum absolute atomic E-state index is 0.0305. The van der Waals surface area contributed by atoms with E-state index >= 15 is 0 Å². The Balaban J connectivity index is 1.84. The summed E-state index contributed by atoms with van der Waals surface area (Å²) in [7, 11) is 0. The molecule has 78 valence electrons. The van der Waals surface area contributed by atoms with Crippen LogP contribution in [0.25, 0.3) is 0 Å². The van der Waals surface area contributed by atoms with E-state index in [1.165, 1.54) is 0 Å². The minimum Gasteiger partial charge on any atom is -0.363 e. The number of amides is 1. The maximum absolute atomic E-state index is 11.5. The first-order chi connectivity index (χ1) is 7.27. The molecule has 0 radical (unpaired) electrons. The van der Waals surface area contributed by atoms with Crippen molar-refractivity contribution in [2.24, 2.45) is 0 Å². The van der Waals surface area contributed by atoms with Gasteiger partial charge in [0, 0.05) is 5.56 Å². The van der Waals surface area contributed by atoms with Gasteiger partial charge >= 0.3 is 0 Å². The molecule has 4 heteroatoms. The third kappa shape index (κ3) is 2.63. The van der Waals surface area contributed by atoms with Gasteiger partial charge in [-0.3, -0.25) is 9.59 Å². The highest BCUT2D eigenvalue weighted by atomic mass is 16.6.